The van der Waals surface area contributed by atoms with Crippen LogP contribution in [0.1, 0.15) is 30.1 Å². The van der Waals surface area contributed by atoms with Gasteiger partial charge in [0.2, 0.25) is 0 Å². The lowest BCUT2D eigenvalue weighted by Crippen LogP contribution is -1.98. The highest BCUT2D eigenvalue weighted by Crippen LogP contribution is 2.39. The summed E-state index contributed by atoms with van der Waals surface area (Å²) in [4.78, 5) is 4.65. The maximum atomic E-state index is 9.25. The molecule has 1 aromatic carbocycles. The van der Waals surface area contributed by atoms with Crippen LogP contribution in [0.15, 0.2) is 30.3 Å². The predicted octanol–water partition coefficient (Wildman–Crippen LogP) is 3.16. The van der Waals surface area contributed by atoms with Crippen molar-refractivity contribution in [3.8, 4) is 28.8 Å². The molecule has 0 N–H and O–H groups in total. The lowest BCUT2D eigenvalue weighted by atomic mass is 10.1. The number of methoxy groups -OCH3 is 2. The molecule has 2 heterocycles. The maximum absolute atomic E-state index is 9.25. The number of nitriles is 1. The summed E-state index contributed by atoms with van der Waals surface area (Å²) < 4.78 is 12.5. The highest BCUT2D eigenvalue weighted by molar-refractivity contribution is 5.69. The molecule has 1 saturated carbocycles. The molecule has 3 aromatic rings. The Balaban J connectivity index is 1.95. The van der Waals surface area contributed by atoms with Crippen LogP contribution in [0.5, 0.6) is 11.5 Å². The Hall–Kier alpha value is -3.07. The van der Waals surface area contributed by atoms with Crippen molar-refractivity contribution in [2.45, 2.75) is 18.8 Å². The van der Waals surface area contributed by atoms with E-state index < -0.39 is 0 Å². The van der Waals surface area contributed by atoms with E-state index in [0.29, 0.717) is 28.6 Å². The SMILES string of the molecule is COc1cc(C#N)cc(-c2ccc(OC)c3nc(C4CC4)nn23)c1. The minimum absolute atomic E-state index is 0.447. The summed E-state index contributed by atoms with van der Waals surface area (Å²) in [6, 6.07) is 11.4. The molecule has 0 amide bonds. The van der Waals surface area contributed by atoms with Crippen LogP contribution in [0.3, 0.4) is 0 Å². The van der Waals surface area contributed by atoms with Crippen molar-refractivity contribution in [3.63, 3.8) is 0 Å². The summed E-state index contributed by atoms with van der Waals surface area (Å²) in [5.41, 5.74) is 2.93. The molecule has 0 unspecified atom stereocenters. The number of nitrogens with zero attached hydrogens (tertiary/aromatic N) is 4. The van der Waals surface area contributed by atoms with E-state index >= 15 is 0 Å². The quantitative estimate of drug-likeness (QED) is 0.738. The zero-order valence-electron chi connectivity index (χ0n) is 13.5. The van der Waals surface area contributed by atoms with Gasteiger partial charge in [0.1, 0.15) is 5.75 Å². The standard InChI is InChI=1S/C18H16N4O2/c1-23-14-8-11(10-19)7-13(9-14)15-5-6-16(24-2)18-20-17(12-3-4-12)21-22(15)18/h5-9,12H,3-4H2,1-2H3. The molecule has 1 aliphatic carbocycles. The molecular weight excluding hydrogens is 304 g/mol. The zero-order valence-corrected chi connectivity index (χ0v) is 13.5. The molecule has 1 fully saturated rings. The number of hydrogen-bond donors (Lipinski definition) is 0. The van der Waals surface area contributed by atoms with E-state index in [-0.39, 0.29) is 0 Å². The molecule has 24 heavy (non-hydrogen) atoms. The Kier molecular flexibility index (Phi) is 3.35. The van der Waals surface area contributed by atoms with Crippen LogP contribution in [0.4, 0.5) is 0 Å². The molecule has 120 valence electrons. The molecule has 0 bridgehead atoms. The van der Waals surface area contributed by atoms with Gasteiger partial charge in [0, 0.05) is 11.5 Å². The number of fused-ring (bicyclic) bond motifs is 1. The molecule has 6 nitrogen and oxygen atoms in total. The molecule has 0 atom stereocenters. The fourth-order valence-corrected chi connectivity index (χ4v) is 2.78. The van der Waals surface area contributed by atoms with Gasteiger partial charge in [-0.15, -0.1) is 0 Å². The molecule has 1 aliphatic rings. The summed E-state index contributed by atoms with van der Waals surface area (Å²) in [5, 5.41) is 13.9. The smallest absolute Gasteiger partial charge is 0.198 e. The van der Waals surface area contributed by atoms with Gasteiger partial charge in [-0.2, -0.15) is 10.4 Å². The van der Waals surface area contributed by atoms with Crippen LogP contribution >= 0.6 is 0 Å². The number of aromatic nitrogens is 3. The molecule has 4 rings (SSSR count). The van der Waals surface area contributed by atoms with Crippen LogP contribution in [0.2, 0.25) is 0 Å². The van der Waals surface area contributed by atoms with Crippen molar-refractivity contribution >= 4 is 5.65 Å². The summed E-state index contributed by atoms with van der Waals surface area (Å²) in [6.07, 6.45) is 2.26. The van der Waals surface area contributed by atoms with Crippen LogP contribution in [0.25, 0.3) is 16.9 Å². The van der Waals surface area contributed by atoms with Gasteiger partial charge in [0.15, 0.2) is 17.2 Å². The number of hydrogen-bond acceptors (Lipinski definition) is 5. The maximum Gasteiger partial charge on any atom is 0.198 e. The Morgan fingerprint density at radius 2 is 2.00 bits per heavy atom. The first-order valence-electron chi connectivity index (χ1n) is 7.76. The second kappa shape index (κ2) is 5.53. The van der Waals surface area contributed by atoms with E-state index in [1.807, 2.05) is 24.3 Å². The average Bonchev–Trinajstić information content (AvgIpc) is 3.38. The van der Waals surface area contributed by atoms with E-state index in [4.69, 9.17) is 9.47 Å². The van der Waals surface area contributed by atoms with E-state index in [1.54, 1.807) is 24.8 Å². The average molecular weight is 320 g/mol. The Bertz CT molecular complexity index is 967. The number of rotatable bonds is 4. The highest BCUT2D eigenvalue weighted by Gasteiger charge is 2.29. The molecule has 2 aromatic heterocycles. The molecule has 0 spiro atoms. The van der Waals surface area contributed by atoms with Gasteiger partial charge in [-0.05, 0) is 43.2 Å². The van der Waals surface area contributed by atoms with Gasteiger partial charge in [-0.3, -0.25) is 0 Å². The fourth-order valence-electron chi connectivity index (χ4n) is 2.78. The Labute approximate surface area is 139 Å². The number of benzene rings is 1. The monoisotopic (exact) mass is 320 g/mol. The third kappa shape index (κ3) is 2.35. The summed E-state index contributed by atoms with van der Waals surface area (Å²) in [5.74, 6) is 2.61. The van der Waals surface area contributed by atoms with Crippen molar-refractivity contribution in [1.29, 1.82) is 5.26 Å². The van der Waals surface area contributed by atoms with Crippen molar-refractivity contribution in [2.24, 2.45) is 0 Å². The summed E-state index contributed by atoms with van der Waals surface area (Å²) >= 11 is 0. The van der Waals surface area contributed by atoms with Gasteiger partial charge < -0.3 is 9.47 Å². The minimum Gasteiger partial charge on any atom is -0.497 e. The lowest BCUT2D eigenvalue weighted by molar-refractivity contribution is 0.414. The molecule has 0 radical (unpaired) electrons. The van der Waals surface area contributed by atoms with Crippen molar-refractivity contribution in [3.05, 3.63) is 41.7 Å². The van der Waals surface area contributed by atoms with Gasteiger partial charge in [0.25, 0.3) is 0 Å². The van der Waals surface area contributed by atoms with Crippen LogP contribution in [-0.4, -0.2) is 28.8 Å². The van der Waals surface area contributed by atoms with Crippen LogP contribution in [0, 0.1) is 11.3 Å². The molecule has 0 saturated heterocycles. The summed E-state index contributed by atoms with van der Waals surface area (Å²) in [7, 11) is 3.21. The van der Waals surface area contributed by atoms with Gasteiger partial charge >= 0.3 is 0 Å². The minimum atomic E-state index is 0.447. The first-order valence-corrected chi connectivity index (χ1v) is 7.76. The Morgan fingerprint density at radius 1 is 1.17 bits per heavy atom. The van der Waals surface area contributed by atoms with E-state index in [1.165, 1.54) is 0 Å². The van der Waals surface area contributed by atoms with Crippen LogP contribution < -0.4 is 9.47 Å². The second-order valence-electron chi connectivity index (χ2n) is 5.83. The first kappa shape index (κ1) is 14.5. The van der Waals surface area contributed by atoms with E-state index in [2.05, 4.69) is 16.2 Å². The van der Waals surface area contributed by atoms with Crippen LogP contribution in [-0.2, 0) is 0 Å². The van der Waals surface area contributed by atoms with Crippen molar-refractivity contribution in [2.75, 3.05) is 14.2 Å². The zero-order chi connectivity index (χ0) is 16.7. The first-order chi connectivity index (χ1) is 11.7. The molecular formula is C18H16N4O2. The number of ether oxygens (including phenoxy) is 2. The van der Waals surface area contributed by atoms with E-state index in [9.17, 15) is 5.26 Å². The van der Waals surface area contributed by atoms with Gasteiger partial charge in [-0.25, -0.2) is 9.50 Å². The Morgan fingerprint density at radius 3 is 2.67 bits per heavy atom. The molecule has 6 heteroatoms. The van der Waals surface area contributed by atoms with Gasteiger partial charge in [-0.1, -0.05) is 0 Å². The van der Waals surface area contributed by atoms with Crippen molar-refractivity contribution < 1.29 is 9.47 Å². The largest absolute Gasteiger partial charge is 0.497 e. The van der Waals surface area contributed by atoms with E-state index in [0.717, 1.165) is 29.9 Å². The van der Waals surface area contributed by atoms with Gasteiger partial charge in [0.05, 0.1) is 31.5 Å². The number of pyridine rings is 1. The fraction of sp³-hybridized carbons (Fsp3) is 0.278. The topological polar surface area (TPSA) is 72.4 Å². The van der Waals surface area contributed by atoms with Crippen molar-refractivity contribution in [1.82, 2.24) is 14.6 Å². The third-order valence-electron chi connectivity index (χ3n) is 4.19. The predicted molar refractivity (Wildman–Crippen MR) is 88.2 cm³/mol. The lowest BCUT2D eigenvalue weighted by Gasteiger charge is -2.09. The molecule has 0 aliphatic heterocycles. The highest BCUT2D eigenvalue weighted by atomic mass is 16.5. The second-order valence-corrected chi connectivity index (χ2v) is 5.83. The normalized spacial score (nSPS) is 13.7. The summed E-state index contributed by atoms with van der Waals surface area (Å²) in [6.45, 7) is 0. The third-order valence-corrected chi connectivity index (χ3v) is 4.19.